The van der Waals surface area contributed by atoms with Crippen molar-refractivity contribution >= 4 is 21.8 Å². The number of likely N-dealkylation sites (tertiary alicyclic amines) is 1. The van der Waals surface area contributed by atoms with E-state index in [1.54, 1.807) is 42.4 Å². The molecular weight excluding hydrogens is 366 g/mol. The van der Waals surface area contributed by atoms with Crippen LogP contribution in [0.2, 0.25) is 0 Å². The van der Waals surface area contributed by atoms with Crippen molar-refractivity contribution in [3.63, 3.8) is 0 Å². The molecule has 27 heavy (non-hydrogen) atoms. The van der Waals surface area contributed by atoms with E-state index in [0.717, 1.165) is 23.6 Å². The Bertz CT molecular complexity index is 880. The molecule has 146 valence electrons. The van der Waals surface area contributed by atoms with E-state index in [4.69, 9.17) is 4.74 Å². The van der Waals surface area contributed by atoms with Gasteiger partial charge in [0.15, 0.2) is 0 Å². The smallest absolute Gasteiger partial charge is 0.345 e. The second-order valence-electron chi connectivity index (χ2n) is 7.02. The number of hydrogen-bond donors (Lipinski definition) is 0. The number of rotatable bonds is 3. The van der Waals surface area contributed by atoms with Crippen molar-refractivity contribution in [2.45, 2.75) is 45.2 Å². The molecule has 7 nitrogen and oxygen atoms in total. The van der Waals surface area contributed by atoms with E-state index < -0.39 is 10.2 Å². The van der Waals surface area contributed by atoms with E-state index in [0.29, 0.717) is 11.3 Å². The summed E-state index contributed by atoms with van der Waals surface area (Å²) in [5.41, 5.74) is 0.977. The van der Waals surface area contributed by atoms with Crippen LogP contribution in [0.5, 0.6) is 5.75 Å². The highest BCUT2D eigenvalue weighted by atomic mass is 32.2. The maximum Gasteiger partial charge on any atom is 0.345 e. The van der Waals surface area contributed by atoms with Crippen LogP contribution in [0.25, 0.3) is 0 Å². The predicted octanol–water partition coefficient (Wildman–Crippen LogP) is 2.35. The quantitative estimate of drug-likeness (QED) is 0.792. The summed E-state index contributed by atoms with van der Waals surface area (Å²) in [7, 11) is -1.04. The van der Waals surface area contributed by atoms with Gasteiger partial charge in [0, 0.05) is 24.7 Å². The predicted molar refractivity (Wildman–Crippen MR) is 104 cm³/mol. The molecule has 1 saturated heterocycles. The van der Waals surface area contributed by atoms with Crippen molar-refractivity contribution in [1.82, 2.24) is 9.21 Å². The van der Waals surface area contributed by atoms with Crippen LogP contribution in [0.15, 0.2) is 40.4 Å². The van der Waals surface area contributed by atoms with Crippen LogP contribution < -0.4 is 4.74 Å². The molecule has 0 radical (unpaired) electrons. The molecule has 1 aromatic carbocycles. The van der Waals surface area contributed by atoms with Crippen molar-refractivity contribution in [3.8, 4) is 5.75 Å². The lowest BCUT2D eigenvalue weighted by molar-refractivity contribution is -0.134. The Hall–Kier alpha value is -2.35. The second-order valence-corrected chi connectivity index (χ2v) is 8.65. The SMILES string of the molecule is COc1ccc(C2=NS(=O)(=O)N(C)C(C(=O)N3[C@H](C)CCC[C@H]3C)=C2)cc1. The minimum absolute atomic E-state index is 0.0709. The number of likely N-dealkylation sites (N-methyl/N-ethyl adjacent to an activating group) is 1. The van der Waals surface area contributed by atoms with Crippen LogP contribution in [0.3, 0.4) is 0 Å². The number of piperidine rings is 1. The van der Waals surface area contributed by atoms with E-state index in [1.165, 1.54) is 7.05 Å². The van der Waals surface area contributed by atoms with Crippen LogP contribution in [0, 0.1) is 0 Å². The number of benzene rings is 1. The molecular formula is C19H25N3O4S. The van der Waals surface area contributed by atoms with Gasteiger partial charge in [-0.05, 0) is 63.5 Å². The van der Waals surface area contributed by atoms with Crippen molar-refractivity contribution in [1.29, 1.82) is 0 Å². The van der Waals surface area contributed by atoms with E-state index in [1.807, 2.05) is 13.8 Å². The monoisotopic (exact) mass is 391 g/mol. The number of hydrogen-bond acceptors (Lipinski definition) is 4. The highest BCUT2D eigenvalue weighted by Gasteiger charge is 2.36. The standard InChI is InChI=1S/C19H25N3O4S/c1-13-6-5-7-14(2)22(13)19(23)18-12-17(20-27(24,25)21(18)3)15-8-10-16(26-4)11-9-15/h8-14H,5-7H2,1-4H3/t13-,14-/m1/s1. The third-order valence-corrected chi connectivity index (χ3v) is 6.52. The molecule has 3 rings (SSSR count). The van der Waals surface area contributed by atoms with E-state index >= 15 is 0 Å². The first-order valence-corrected chi connectivity index (χ1v) is 10.4. The number of amides is 1. The topological polar surface area (TPSA) is 79.3 Å². The van der Waals surface area contributed by atoms with Gasteiger partial charge in [0.05, 0.1) is 12.8 Å². The zero-order chi connectivity index (χ0) is 19.8. The number of nitrogens with zero attached hydrogens (tertiary/aromatic N) is 3. The Morgan fingerprint density at radius 3 is 2.30 bits per heavy atom. The summed E-state index contributed by atoms with van der Waals surface area (Å²) in [4.78, 5) is 15.0. The Kier molecular flexibility index (Phi) is 5.28. The van der Waals surface area contributed by atoms with Gasteiger partial charge in [0.1, 0.15) is 11.4 Å². The molecule has 2 atom stereocenters. The first-order valence-electron chi connectivity index (χ1n) is 9.02. The molecule has 0 spiro atoms. The van der Waals surface area contributed by atoms with E-state index in [2.05, 4.69) is 4.40 Å². The second kappa shape index (κ2) is 7.34. The van der Waals surface area contributed by atoms with Crippen molar-refractivity contribution < 1.29 is 17.9 Å². The number of ether oxygens (including phenoxy) is 1. The minimum Gasteiger partial charge on any atom is -0.497 e. The molecule has 8 heteroatoms. The van der Waals surface area contributed by atoms with Gasteiger partial charge in [-0.25, -0.2) is 4.31 Å². The summed E-state index contributed by atoms with van der Waals surface area (Å²) in [6, 6.07) is 7.05. The normalized spacial score (nSPS) is 24.9. The molecule has 1 fully saturated rings. The number of carbonyl (C=O) groups is 1. The summed E-state index contributed by atoms with van der Waals surface area (Å²) in [6.07, 6.45) is 4.45. The van der Waals surface area contributed by atoms with Gasteiger partial charge >= 0.3 is 10.2 Å². The first kappa shape index (κ1) is 19.4. The van der Waals surface area contributed by atoms with Gasteiger partial charge in [-0.2, -0.15) is 8.42 Å². The van der Waals surface area contributed by atoms with Crippen LogP contribution in [-0.2, 0) is 15.0 Å². The van der Waals surface area contributed by atoms with Crippen molar-refractivity contribution in [2.75, 3.05) is 14.2 Å². The van der Waals surface area contributed by atoms with Gasteiger partial charge in [-0.3, -0.25) is 4.79 Å². The molecule has 2 aliphatic heterocycles. The third-order valence-electron chi connectivity index (χ3n) is 5.21. The molecule has 0 saturated carbocycles. The van der Waals surface area contributed by atoms with Gasteiger partial charge in [0.2, 0.25) is 0 Å². The highest BCUT2D eigenvalue weighted by Crippen LogP contribution is 2.28. The Labute approximate surface area is 160 Å². The molecule has 0 N–H and O–H groups in total. The summed E-state index contributed by atoms with van der Waals surface area (Å²) in [5, 5.41) is 0. The maximum atomic E-state index is 13.2. The van der Waals surface area contributed by atoms with Crippen LogP contribution in [0.4, 0.5) is 0 Å². The average molecular weight is 391 g/mol. The maximum absolute atomic E-state index is 13.2. The number of methoxy groups -OCH3 is 1. The summed E-state index contributed by atoms with van der Waals surface area (Å²) in [5.74, 6) is 0.382. The van der Waals surface area contributed by atoms with Gasteiger partial charge in [-0.15, -0.1) is 4.40 Å². The lowest BCUT2D eigenvalue weighted by Gasteiger charge is -2.40. The fourth-order valence-electron chi connectivity index (χ4n) is 3.60. The van der Waals surface area contributed by atoms with Gasteiger partial charge in [-0.1, -0.05) is 0 Å². The first-order chi connectivity index (χ1) is 12.7. The zero-order valence-electron chi connectivity index (χ0n) is 16.0. The summed E-state index contributed by atoms with van der Waals surface area (Å²) >= 11 is 0. The van der Waals surface area contributed by atoms with E-state index in [-0.39, 0.29) is 29.4 Å². The van der Waals surface area contributed by atoms with Crippen LogP contribution in [0.1, 0.15) is 38.7 Å². The number of allylic oxidation sites excluding steroid dienone is 1. The third kappa shape index (κ3) is 3.71. The Morgan fingerprint density at radius 1 is 1.15 bits per heavy atom. The largest absolute Gasteiger partial charge is 0.497 e. The Morgan fingerprint density at radius 2 is 1.74 bits per heavy atom. The summed E-state index contributed by atoms with van der Waals surface area (Å²) in [6.45, 7) is 4.01. The molecule has 0 bridgehead atoms. The molecule has 1 aromatic rings. The van der Waals surface area contributed by atoms with Gasteiger partial charge in [0.25, 0.3) is 5.91 Å². The van der Waals surface area contributed by atoms with Crippen LogP contribution >= 0.6 is 0 Å². The van der Waals surface area contributed by atoms with Gasteiger partial charge < -0.3 is 9.64 Å². The average Bonchev–Trinajstić information content (AvgIpc) is 2.63. The molecule has 1 amide bonds. The van der Waals surface area contributed by atoms with Crippen molar-refractivity contribution in [2.24, 2.45) is 4.40 Å². The molecule has 0 aliphatic carbocycles. The highest BCUT2D eigenvalue weighted by molar-refractivity contribution is 7.88. The fourth-order valence-corrected chi connectivity index (χ4v) is 4.51. The minimum atomic E-state index is -3.97. The molecule has 0 unspecified atom stereocenters. The van der Waals surface area contributed by atoms with Crippen LogP contribution in [-0.4, -0.2) is 55.5 Å². The molecule has 2 heterocycles. The number of carbonyl (C=O) groups excluding carboxylic acids is 1. The Balaban J connectivity index is 2.01. The van der Waals surface area contributed by atoms with E-state index in [9.17, 15) is 13.2 Å². The fraction of sp³-hybridized carbons (Fsp3) is 0.474. The zero-order valence-corrected chi connectivity index (χ0v) is 16.9. The summed E-state index contributed by atoms with van der Waals surface area (Å²) < 4.78 is 35.1. The lowest BCUT2D eigenvalue weighted by atomic mass is 9.97. The lowest BCUT2D eigenvalue weighted by Crippen LogP contribution is -2.50. The molecule has 0 aromatic heterocycles. The molecule has 2 aliphatic rings. The van der Waals surface area contributed by atoms with Crippen molar-refractivity contribution in [3.05, 3.63) is 41.6 Å².